The van der Waals surface area contributed by atoms with Crippen molar-refractivity contribution in [2.45, 2.75) is 6.04 Å². The fraction of sp³-hybridized carbons (Fsp3) is 0.357. The molecule has 1 N–H and O–H groups in total. The molecule has 0 spiro atoms. The quantitative estimate of drug-likeness (QED) is 0.667. The first kappa shape index (κ1) is 14.7. The molecule has 1 aliphatic rings. The molecule has 1 aliphatic heterocycles. The monoisotopic (exact) mass is 339 g/mol. The lowest BCUT2D eigenvalue weighted by molar-refractivity contribution is -0.143. The van der Waals surface area contributed by atoms with E-state index < -0.39 is 12.0 Å². The molecule has 106 valence electrons. The van der Waals surface area contributed by atoms with E-state index in [1.54, 1.807) is 12.1 Å². The number of terminal acetylenes is 1. The number of rotatable bonds is 4. The van der Waals surface area contributed by atoms with Crippen molar-refractivity contribution in [2.24, 2.45) is 0 Å². The maximum Gasteiger partial charge on any atom is 0.327 e. The van der Waals surface area contributed by atoms with Gasteiger partial charge >= 0.3 is 5.97 Å². The number of carbonyl (C=O) groups is 1. The lowest BCUT2D eigenvalue weighted by atomic mass is 10.1. The van der Waals surface area contributed by atoms with Crippen molar-refractivity contribution in [3.05, 3.63) is 22.2 Å². The maximum atomic E-state index is 11.9. The number of nitrogens with one attached hydrogen (secondary N) is 1. The summed E-state index contributed by atoms with van der Waals surface area (Å²) in [6.07, 6.45) is 5.22. The first-order chi connectivity index (χ1) is 9.67. The molecule has 20 heavy (non-hydrogen) atoms. The molecule has 5 nitrogen and oxygen atoms in total. The van der Waals surface area contributed by atoms with E-state index in [1.807, 2.05) is 0 Å². The van der Waals surface area contributed by atoms with Gasteiger partial charge in [-0.3, -0.25) is 5.32 Å². The minimum Gasteiger partial charge on any atom is -0.486 e. The van der Waals surface area contributed by atoms with E-state index in [4.69, 9.17) is 20.6 Å². The van der Waals surface area contributed by atoms with Crippen LogP contribution in [0.5, 0.6) is 11.5 Å². The summed E-state index contributed by atoms with van der Waals surface area (Å²) in [6, 6.07) is 2.89. The van der Waals surface area contributed by atoms with E-state index >= 15 is 0 Å². The van der Waals surface area contributed by atoms with E-state index in [-0.39, 0.29) is 6.54 Å². The number of ether oxygens (including phenoxy) is 3. The highest BCUT2D eigenvalue weighted by Gasteiger charge is 2.25. The zero-order chi connectivity index (χ0) is 14.5. The van der Waals surface area contributed by atoms with Gasteiger partial charge in [-0.25, -0.2) is 4.79 Å². The molecule has 0 aliphatic carbocycles. The molecular weight excluding hydrogens is 326 g/mol. The Morgan fingerprint density at radius 3 is 3.00 bits per heavy atom. The Labute approximate surface area is 125 Å². The maximum absolute atomic E-state index is 11.9. The van der Waals surface area contributed by atoms with Gasteiger partial charge in [-0.15, -0.1) is 6.42 Å². The summed E-state index contributed by atoms with van der Waals surface area (Å²) in [4.78, 5) is 11.9. The molecule has 0 fully saturated rings. The molecule has 0 aromatic heterocycles. The van der Waals surface area contributed by atoms with Crippen molar-refractivity contribution in [3.8, 4) is 23.8 Å². The Bertz CT molecular complexity index is 553. The first-order valence-electron chi connectivity index (χ1n) is 6.01. The van der Waals surface area contributed by atoms with Crippen molar-refractivity contribution in [2.75, 3.05) is 26.9 Å². The second-order valence-corrected chi connectivity index (χ2v) is 4.92. The first-order valence-corrected chi connectivity index (χ1v) is 6.80. The van der Waals surface area contributed by atoms with E-state index in [0.717, 1.165) is 4.47 Å². The molecule has 1 unspecified atom stereocenters. The number of hydrogen-bond donors (Lipinski definition) is 1. The van der Waals surface area contributed by atoms with E-state index in [2.05, 4.69) is 27.2 Å². The molecule has 1 aromatic rings. The lowest BCUT2D eigenvalue weighted by Gasteiger charge is -2.22. The Morgan fingerprint density at radius 2 is 2.30 bits per heavy atom. The third-order valence-electron chi connectivity index (χ3n) is 2.80. The van der Waals surface area contributed by atoms with Crippen molar-refractivity contribution in [3.63, 3.8) is 0 Å². The number of halogens is 1. The highest BCUT2D eigenvalue weighted by molar-refractivity contribution is 9.10. The summed E-state index contributed by atoms with van der Waals surface area (Å²) in [5.74, 6) is 3.26. The SMILES string of the molecule is C#CCNC(C(=O)OC)c1cc(Br)c2c(c1)OCCO2. The number of carbonyl (C=O) groups excluding carboxylic acids is 1. The van der Waals surface area contributed by atoms with Gasteiger partial charge in [0.1, 0.15) is 19.3 Å². The van der Waals surface area contributed by atoms with E-state index in [9.17, 15) is 4.79 Å². The van der Waals surface area contributed by atoms with Gasteiger partial charge in [0.25, 0.3) is 0 Å². The van der Waals surface area contributed by atoms with Crippen molar-refractivity contribution >= 4 is 21.9 Å². The number of hydrogen-bond acceptors (Lipinski definition) is 5. The summed E-state index contributed by atoms with van der Waals surface area (Å²) >= 11 is 3.42. The number of esters is 1. The number of fused-ring (bicyclic) bond motifs is 1. The second-order valence-electron chi connectivity index (χ2n) is 4.07. The van der Waals surface area contributed by atoms with Crippen LogP contribution in [0.1, 0.15) is 11.6 Å². The van der Waals surface area contributed by atoms with Crippen molar-refractivity contribution < 1.29 is 19.0 Å². The number of methoxy groups -OCH3 is 1. The molecule has 0 saturated heterocycles. The molecule has 2 rings (SSSR count). The Balaban J connectivity index is 2.35. The average Bonchev–Trinajstić information content (AvgIpc) is 2.47. The van der Waals surface area contributed by atoms with Crippen LogP contribution in [-0.2, 0) is 9.53 Å². The van der Waals surface area contributed by atoms with Crippen molar-refractivity contribution in [1.29, 1.82) is 0 Å². The zero-order valence-corrected chi connectivity index (χ0v) is 12.5. The van der Waals surface area contributed by atoms with Crippen LogP contribution in [0.3, 0.4) is 0 Å². The highest BCUT2D eigenvalue weighted by Crippen LogP contribution is 2.40. The fourth-order valence-corrected chi connectivity index (χ4v) is 2.49. The Morgan fingerprint density at radius 1 is 1.55 bits per heavy atom. The third kappa shape index (κ3) is 3.06. The predicted octanol–water partition coefficient (Wildman–Crippen LogP) is 1.66. The largest absolute Gasteiger partial charge is 0.486 e. The van der Waals surface area contributed by atoms with Crippen molar-refractivity contribution in [1.82, 2.24) is 5.32 Å². The zero-order valence-electron chi connectivity index (χ0n) is 10.9. The average molecular weight is 340 g/mol. The number of benzene rings is 1. The van der Waals surface area contributed by atoms with Gasteiger partial charge in [0, 0.05) is 0 Å². The highest BCUT2D eigenvalue weighted by atomic mass is 79.9. The summed E-state index contributed by atoms with van der Waals surface area (Å²) in [5, 5.41) is 2.94. The van der Waals surface area contributed by atoms with Crippen LogP contribution in [0, 0.1) is 12.3 Å². The summed E-state index contributed by atoms with van der Waals surface area (Å²) in [7, 11) is 1.33. The van der Waals surface area contributed by atoms with Crippen LogP contribution >= 0.6 is 15.9 Å². The van der Waals surface area contributed by atoms with Crippen LogP contribution in [-0.4, -0.2) is 32.8 Å². The molecule has 0 amide bonds. The predicted molar refractivity (Wildman–Crippen MR) is 76.7 cm³/mol. The van der Waals surface area contributed by atoms with E-state index in [1.165, 1.54) is 7.11 Å². The molecule has 0 radical (unpaired) electrons. The van der Waals surface area contributed by atoms with Crippen LogP contribution in [0.2, 0.25) is 0 Å². The van der Waals surface area contributed by atoms with Crippen LogP contribution in [0.25, 0.3) is 0 Å². The van der Waals surface area contributed by atoms with Gasteiger partial charge in [0.05, 0.1) is 18.1 Å². The van der Waals surface area contributed by atoms with Gasteiger partial charge in [-0.05, 0) is 33.6 Å². The topological polar surface area (TPSA) is 56.8 Å². The second kappa shape index (κ2) is 6.64. The van der Waals surface area contributed by atoms with Crippen LogP contribution in [0.15, 0.2) is 16.6 Å². The molecule has 1 atom stereocenters. The smallest absolute Gasteiger partial charge is 0.327 e. The van der Waals surface area contributed by atoms with Gasteiger partial charge in [-0.1, -0.05) is 5.92 Å². The van der Waals surface area contributed by atoms with Crippen LogP contribution in [0.4, 0.5) is 0 Å². The van der Waals surface area contributed by atoms with Gasteiger partial charge in [0.2, 0.25) is 0 Å². The molecular formula is C14H14BrNO4. The van der Waals surface area contributed by atoms with Gasteiger partial charge in [0.15, 0.2) is 11.5 Å². The minimum atomic E-state index is -0.650. The molecule has 1 aromatic carbocycles. The fourth-order valence-electron chi connectivity index (χ4n) is 1.91. The Hall–Kier alpha value is -1.71. The lowest BCUT2D eigenvalue weighted by Crippen LogP contribution is -2.30. The van der Waals surface area contributed by atoms with Gasteiger partial charge < -0.3 is 14.2 Å². The molecule has 0 bridgehead atoms. The molecule has 1 heterocycles. The normalized spacial score (nSPS) is 14.2. The van der Waals surface area contributed by atoms with E-state index in [0.29, 0.717) is 30.3 Å². The summed E-state index contributed by atoms with van der Waals surface area (Å²) in [6.45, 7) is 1.23. The van der Waals surface area contributed by atoms with Gasteiger partial charge in [-0.2, -0.15) is 0 Å². The summed E-state index contributed by atoms with van der Waals surface area (Å²) < 4.78 is 16.6. The molecule has 0 saturated carbocycles. The molecule has 6 heteroatoms. The Kier molecular flexibility index (Phi) is 4.88. The standard InChI is InChI=1S/C14H14BrNO4/c1-3-4-16-12(14(17)18-2)9-7-10(15)13-11(8-9)19-5-6-20-13/h1,7-8,12,16H,4-6H2,2H3. The summed E-state index contributed by atoms with van der Waals surface area (Å²) in [5.41, 5.74) is 0.697. The third-order valence-corrected chi connectivity index (χ3v) is 3.39. The van der Waals surface area contributed by atoms with Crippen LogP contribution < -0.4 is 14.8 Å². The minimum absolute atomic E-state index is 0.256.